The first kappa shape index (κ1) is 15.0. The number of carboxylic acids is 1. The number of rotatable bonds is 5. The quantitative estimate of drug-likeness (QED) is 0.904. The molecule has 0 aliphatic rings. The Morgan fingerprint density at radius 3 is 2.57 bits per heavy atom. The first-order valence-electron chi connectivity index (χ1n) is 5.99. The number of aromatic nitrogens is 1. The molecule has 0 saturated carbocycles. The summed E-state index contributed by atoms with van der Waals surface area (Å²) in [5, 5.41) is 8.87. The van der Waals surface area contributed by atoms with Crippen molar-refractivity contribution >= 4 is 15.8 Å². The van der Waals surface area contributed by atoms with Crippen molar-refractivity contribution in [2.75, 3.05) is 7.11 Å². The van der Waals surface area contributed by atoms with Crippen LogP contribution in [0.5, 0.6) is 5.75 Å². The Labute approximate surface area is 121 Å². The summed E-state index contributed by atoms with van der Waals surface area (Å²) in [6, 6.07) is 10.5. The second-order valence-electron chi connectivity index (χ2n) is 4.23. The Morgan fingerprint density at radius 2 is 1.90 bits per heavy atom. The summed E-state index contributed by atoms with van der Waals surface area (Å²) in [5.41, 5.74) is -0.0245. The van der Waals surface area contributed by atoms with Gasteiger partial charge in [0.1, 0.15) is 16.3 Å². The number of pyridine rings is 1. The average Bonchev–Trinajstić information content (AvgIpc) is 2.47. The Bertz CT molecular complexity index is 770. The number of carbonyl (C=O) groups is 1. The minimum absolute atomic E-state index is 0.0510. The van der Waals surface area contributed by atoms with Crippen LogP contribution >= 0.6 is 0 Å². The van der Waals surface area contributed by atoms with Gasteiger partial charge in [-0.2, -0.15) is 0 Å². The molecule has 0 aliphatic carbocycles. The van der Waals surface area contributed by atoms with Crippen molar-refractivity contribution in [2.24, 2.45) is 0 Å². The van der Waals surface area contributed by atoms with Crippen LogP contribution < -0.4 is 4.74 Å². The molecule has 0 spiro atoms. The van der Waals surface area contributed by atoms with Gasteiger partial charge in [-0.25, -0.2) is 18.2 Å². The summed E-state index contributed by atoms with van der Waals surface area (Å²) in [6.07, 6.45) is 0. The summed E-state index contributed by atoms with van der Waals surface area (Å²) in [7, 11) is -2.29. The van der Waals surface area contributed by atoms with Crippen molar-refractivity contribution in [3.05, 3.63) is 53.9 Å². The number of aromatic carboxylic acids is 1. The highest BCUT2D eigenvalue weighted by atomic mass is 32.2. The van der Waals surface area contributed by atoms with Crippen molar-refractivity contribution in [3.8, 4) is 5.75 Å². The van der Waals surface area contributed by atoms with Gasteiger partial charge < -0.3 is 9.84 Å². The standard InChI is InChI=1S/C14H13NO5S/c1-20-12-7-2-3-8-13(12)21(18,19)9-10-5-4-6-11(15-10)14(16)17/h2-8H,9H2,1H3,(H,16,17). The molecule has 1 heterocycles. The van der Waals surface area contributed by atoms with E-state index in [1.54, 1.807) is 18.2 Å². The third kappa shape index (κ3) is 3.38. The number of sulfone groups is 1. The molecule has 0 atom stereocenters. The highest BCUT2D eigenvalue weighted by Crippen LogP contribution is 2.25. The summed E-state index contributed by atoms with van der Waals surface area (Å²) in [5.74, 6) is -1.35. The lowest BCUT2D eigenvalue weighted by molar-refractivity contribution is 0.0690. The van der Waals surface area contributed by atoms with Crippen molar-refractivity contribution in [2.45, 2.75) is 10.6 Å². The van der Waals surface area contributed by atoms with E-state index in [1.165, 1.54) is 31.4 Å². The highest BCUT2D eigenvalue weighted by Gasteiger charge is 2.21. The van der Waals surface area contributed by atoms with E-state index in [0.717, 1.165) is 0 Å². The molecule has 7 heteroatoms. The van der Waals surface area contributed by atoms with Gasteiger partial charge >= 0.3 is 5.97 Å². The highest BCUT2D eigenvalue weighted by molar-refractivity contribution is 7.90. The molecule has 2 aromatic rings. The van der Waals surface area contributed by atoms with Crippen LogP contribution in [0.1, 0.15) is 16.2 Å². The summed E-state index contributed by atoms with van der Waals surface area (Å²) in [6.45, 7) is 0. The van der Waals surface area contributed by atoms with Crippen LogP contribution in [0.2, 0.25) is 0 Å². The van der Waals surface area contributed by atoms with Gasteiger partial charge in [0.25, 0.3) is 0 Å². The van der Waals surface area contributed by atoms with E-state index in [2.05, 4.69) is 4.98 Å². The first-order valence-corrected chi connectivity index (χ1v) is 7.64. The SMILES string of the molecule is COc1ccccc1S(=O)(=O)Cc1cccc(C(=O)O)n1. The average molecular weight is 307 g/mol. The molecule has 1 aromatic carbocycles. The smallest absolute Gasteiger partial charge is 0.354 e. The number of para-hydroxylation sites is 1. The third-order valence-electron chi connectivity index (χ3n) is 2.77. The van der Waals surface area contributed by atoms with Crippen molar-refractivity contribution in [1.82, 2.24) is 4.98 Å². The van der Waals surface area contributed by atoms with Crippen LogP contribution in [-0.4, -0.2) is 31.6 Å². The summed E-state index contributed by atoms with van der Waals surface area (Å²) >= 11 is 0. The normalized spacial score (nSPS) is 11.1. The van der Waals surface area contributed by atoms with Gasteiger partial charge in [0.15, 0.2) is 9.84 Å². The number of ether oxygens (including phenoxy) is 1. The van der Waals surface area contributed by atoms with Crippen LogP contribution in [0, 0.1) is 0 Å². The molecule has 1 aromatic heterocycles. The fraction of sp³-hybridized carbons (Fsp3) is 0.143. The first-order chi connectivity index (χ1) is 9.94. The van der Waals surface area contributed by atoms with Crippen molar-refractivity contribution in [1.29, 1.82) is 0 Å². The maximum Gasteiger partial charge on any atom is 0.354 e. The van der Waals surface area contributed by atoms with E-state index in [-0.39, 0.29) is 22.0 Å². The Morgan fingerprint density at radius 1 is 1.19 bits per heavy atom. The number of hydrogen-bond donors (Lipinski definition) is 1. The molecule has 0 aliphatic heterocycles. The predicted octanol–water partition coefficient (Wildman–Crippen LogP) is 1.76. The minimum Gasteiger partial charge on any atom is -0.495 e. The van der Waals surface area contributed by atoms with Crippen LogP contribution in [-0.2, 0) is 15.6 Å². The topological polar surface area (TPSA) is 93.6 Å². The van der Waals surface area contributed by atoms with E-state index < -0.39 is 21.6 Å². The zero-order chi connectivity index (χ0) is 15.5. The lowest BCUT2D eigenvalue weighted by atomic mass is 10.3. The molecule has 2 rings (SSSR count). The van der Waals surface area contributed by atoms with E-state index in [4.69, 9.17) is 9.84 Å². The number of methoxy groups -OCH3 is 1. The monoisotopic (exact) mass is 307 g/mol. The predicted molar refractivity (Wildman–Crippen MR) is 75.1 cm³/mol. The van der Waals surface area contributed by atoms with Crippen LogP contribution in [0.15, 0.2) is 47.4 Å². The molecule has 0 fully saturated rings. The van der Waals surface area contributed by atoms with Crippen LogP contribution in [0.3, 0.4) is 0 Å². The van der Waals surface area contributed by atoms with Crippen LogP contribution in [0.25, 0.3) is 0 Å². The van der Waals surface area contributed by atoms with E-state index in [9.17, 15) is 13.2 Å². The zero-order valence-corrected chi connectivity index (χ0v) is 12.0. The molecule has 1 N–H and O–H groups in total. The molecule has 0 saturated heterocycles. The fourth-order valence-corrected chi connectivity index (χ4v) is 3.28. The molecule has 0 bridgehead atoms. The molecular weight excluding hydrogens is 294 g/mol. The number of hydrogen-bond acceptors (Lipinski definition) is 5. The minimum atomic E-state index is -3.68. The third-order valence-corrected chi connectivity index (χ3v) is 4.45. The van der Waals surface area contributed by atoms with Gasteiger partial charge in [-0.05, 0) is 24.3 Å². The van der Waals surface area contributed by atoms with Gasteiger partial charge in [0.2, 0.25) is 0 Å². The van der Waals surface area contributed by atoms with Crippen LogP contribution in [0.4, 0.5) is 0 Å². The van der Waals surface area contributed by atoms with E-state index >= 15 is 0 Å². The summed E-state index contributed by atoms with van der Waals surface area (Å²) < 4.78 is 29.8. The number of nitrogens with zero attached hydrogens (tertiary/aromatic N) is 1. The Hall–Kier alpha value is -2.41. The molecule has 110 valence electrons. The Balaban J connectivity index is 2.38. The second kappa shape index (κ2) is 5.92. The van der Waals surface area contributed by atoms with Gasteiger partial charge in [-0.3, -0.25) is 0 Å². The lowest BCUT2D eigenvalue weighted by Crippen LogP contribution is -2.10. The van der Waals surface area contributed by atoms with E-state index in [0.29, 0.717) is 0 Å². The lowest BCUT2D eigenvalue weighted by Gasteiger charge is -2.09. The maximum atomic E-state index is 12.4. The van der Waals surface area contributed by atoms with Crippen molar-refractivity contribution < 1.29 is 23.1 Å². The molecule has 0 radical (unpaired) electrons. The maximum absolute atomic E-state index is 12.4. The van der Waals surface area contributed by atoms with Gasteiger partial charge in [-0.1, -0.05) is 18.2 Å². The molecular formula is C14H13NO5S. The number of carboxylic acid groups (broad SMARTS) is 1. The largest absolute Gasteiger partial charge is 0.495 e. The Kier molecular flexibility index (Phi) is 4.23. The van der Waals surface area contributed by atoms with Crippen molar-refractivity contribution in [3.63, 3.8) is 0 Å². The van der Waals surface area contributed by atoms with Gasteiger partial charge in [-0.15, -0.1) is 0 Å². The van der Waals surface area contributed by atoms with Gasteiger partial charge in [0, 0.05) is 0 Å². The number of benzene rings is 1. The zero-order valence-electron chi connectivity index (χ0n) is 11.2. The molecule has 21 heavy (non-hydrogen) atoms. The second-order valence-corrected chi connectivity index (χ2v) is 6.19. The summed E-state index contributed by atoms with van der Waals surface area (Å²) in [4.78, 5) is 14.7. The van der Waals surface area contributed by atoms with E-state index in [1.807, 2.05) is 0 Å². The molecule has 6 nitrogen and oxygen atoms in total. The molecule has 0 amide bonds. The fourth-order valence-electron chi connectivity index (χ4n) is 1.83. The van der Waals surface area contributed by atoms with Gasteiger partial charge in [0.05, 0.1) is 18.6 Å². The molecule has 0 unspecified atom stereocenters.